The van der Waals surface area contributed by atoms with Gasteiger partial charge in [-0.25, -0.2) is 0 Å². The number of allylic oxidation sites excluding steroid dienone is 1. The molecule has 0 saturated heterocycles. The first-order valence-corrected chi connectivity index (χ1v) is 6.60. The molecular weight excluding hydrogens is 230 g/mol. The molecule has 94 valence electrons. The van der Waals surface area contributed by atoms with E-state index in [9.17, 15) is 0 Å². The molecule has 0 aliphatic heterocycles. The Morgan fingerprint density at radius 2 is 1.53 bits per heavy atom. The fraction of sp³-hybridized carbons (Fsp3) is 0.167. The van der Waals surface area contributed by atoms with Gasteiger partial charge in [-0.2, -0.15) is 5.26 Å². The monoisotopic (exact) mass is 247 g/mol. The van der Waals surface area contributed by atoms with E-state index in [0.717, 1.165) is 12.0 Å². The molecule has 0 aromatic heterocycles. The van der Waals surface area contributed by atoms with Crippen LogP contribution in [0.3, 0.4) is 0 Å². The smallest absolute Gasteiger partial charge is 0.0991 e. The molecule has 0 N–H and O–H groups in total. The number of hydrogen-bond acceptors (Lipinski definition) is 1. The number of benzene rings is 2. The first kappa shape index (κ1) is 13.1. The highest BCUT2D eigenvalue weighted by Crippen LogP contribution is 2.20. The first-order valence-electron chi connectivity index (χ1n) is 6.60. The van der Waals surface area contributed by atoms with Crippen LogP contribution in [0.1, 0.15) is 30.9 Å². The Bertz CT molecular complexity index is 583. The van der Waals surface area contributed by atoms with Gasteiger partial charge in [-0.15, -0.1) is 0 Å². The van der Waals surface area contributed by atoms with Gasteiger partial charge in [-0.1, -0.05) is 61.9 Å². The molecule has 0 atom stereocenters. The van der Waals surface area contributed by atoms with Crippen LogP contribution in [0.4, 0.5) is 0 Å². The van der Waals surface area contributed by atoms with Gasteiger partial charge in [0.25, 0.3) is 0 Å². The molecule has 0 unspecified atom stereocenters. The summed E-state index contributed by atoms with van der Waals surface area (Å²) in [5, 5.41) is 8.78. The highest BCUT2D eigenvalue weighted by atomic mass is 14.2. The van der Waals surface area contributed by atoms with Crippen molar-refractivity contribution in [2.24, 2.45) is 0 Å². The van der Waals surface area contributed by atoms with Crippen LogP contribution >= 0.6 is 0 Å². The molecule has 0 aliphatic rings. The van der Waals surface area contributed by atoms with Crippen LogP contribution in [0.25, 0.3) is 17.2 Å². The Morgan fingerprint density at radius 3 is 2.05 bits per heavy atom. The Labute approximate surface area is 114 Å². The highest BCUT2D eigenvalue weighted by molar-refractivity contribution is 5.66. The molecule has 2 rings (SSSR count). The molecule has 0 heterocycles. The van der Waals surface area contributed by atoms with Crippen LogP contribution in [-0.4, -0.2) is 0 Å². The third-order valence-corrected chi connectivity index (χ3v) is 3.02. The Morgan fingerprint density at radius 1 is 0.947 bits per heavy atom. The third kappa shape index (κ3) is 3.56. The molecule has 19 heavy (non-hydrogen) atoms. The van der Waals surface area contributed by atoms with E-state index in [1.54, 1.807) is 0 Å². The quantitative estimate of drug-likeness (QED) is 0.742. The predicted molar refractivity (Wildman–Crippen MR) is 80.5 cm³/mol. The molecule has 0 radical (unpaired) electrons. The van der Waals surface area contributed by atoms with Gasteiger partial charge in [0.05, 0.1) is 11.6 Å². The van der Waals surface area contributed by atoms with Crippen molar-refractivity contribution in [2.45, 2.75) is 19.8 Å². The Hall–Kier alpha value is -2.33. The zero-order valence-corrected chi connectivity index (χ0v) is 11.1. The minimum Gasteiger partial charge on any atom is -0.192 e. The number of hydrogen-bond donors (Lipinski definition) is 0. The van der Waals surface area contributed by atoms with Crippen molar-refractivity contribution in [1.82, 2.24) is 0 Å². The van der Waals surface area contributed by atoms with Crippen molar-refractivity contribution >= 4 is 6.08 Å². The van der Waals surface area contributed by atoms with Gasteiger partial charge in [-0.3, -0.25) is 0 Å². The summed E-state index contributed by atoms with van der Waals surface area (Å²) in [4.78, 5) is 0. The maximum Gasteiger partial charge on any atom is 0.0991 e. The van der Waals surface area contributed by atoms with Gasteiger partial charge in [0.1, 0.15) is 0 Å². The standard InChI is InChI=1S/C18H17N/c1-2-3-4-5-15-6-10-17(11-7-15)18-12-8-16(14-19)9-13-18/h4-13H,2-3H2,1H3/b5-4+. The number of rotatable bonds is 4. The number of nitrogens with zero attached hydrogens (tertiary/aromatic N) is 1. The average Bonchev–Trinajstić information content (AvgIpc) is 2.48. The van der Waals surface area contributed by atoms with E-state index in [2.05, 4.69) is 49.4 Å². The van der Waals surface area contributed by atoms with E-state index >= 15 is 0 Å². The van der Waals surface area contributed by atoms with Crippen LogP contribution in [0.5, 0.6) is 0 Å². The summed E-state index contributed by atoms with van der Waals surface area (Å²) in [6, 6.07) is 18.3. The van der Waals surface area contributed by atoms with Crippen LogP contribution in [0, 0.1) is 11.3 Å². The topological polar surface area (TPSA) is 23.8 Å². The van der Waals surface area contributed by atoms with Crippen LogP contribution in [0.15, 0.2) is 54.6 Å². The van der Waals surface area contributed by atoms with Crippen LogP contribution < -0.4 is 0 Å². The van der Waals surface area contributed by atoms with E-state index in [1.165, 1.54) is 17.5 Å². The van der Waals surface area contributed by atoms with Crippen molar-refractivity contribution in [3.8, 4) is 17.2 Å². The predicted octanol–water partition coefficient (Wildman–Crippen LogP) is 5.04. The zero-order chi connectivity index (χ0) is 13.5. The summed E-state index contributed by atoms with van der Waals surface area (Å²) in [5.74, 6) is 0. The Kier molecular flexibility index (Phi) is 4.53. The molecule has 0 amide bonds. The molecule has 0 spiro atoms. The molecule has 2 aromatic carbocycles. The average molecular weight is 247 g/mol. The first-order chi connectivity index (χ1) is 9.33. The lowest BCUT2D eigenvalue weighted by atomic mass is 10.0. The molecular formula is C18H17N. The maximum atomic E-state index is 8.78. The molecule has 1 nitrogen and oxygen atoms in total. The maximum absolute atomic E-state index is 8.78. The van der Waals surface area contributed by atoms with Gasteiger partial charge < -0.3 is 0 Å². The third-order valence-electron chi connectivity index (χ3n) is 3.02. The zero-order valence-electron chi connectivity index (χ0n) is 11.1. The second-order valence-corrected chi connectivity index (χ2v) is 4.50. The van der Waals surface area contributed by atoms with E-state index in [4.69, 9.17) is 5.26 Å². The summed E-state index contributed by atoms with van der Waals surface area (Å²) >= 11 is 0. The minimum atomic E-state index is 0.697. The molecule has 1 heteroatoms. The van der Waals surface area contributed by atoms with Crippen molar-refractivity contribution in [3.05, 3.63) is 65.7 Å². The second kappa shape index (κ2) is 6.56. The van der Waals surface area contributed by atoms with E-state index in [0.29, 0.717) is 5.56 Å². The van der Waals surface area contributed by atoms with Gasteiger partial charge in [0.15, 0.2) is 0 Å². The van der Waals surface area contributed by atoms with Gasteiger partial charge in [0.2, 0.25) is 0 Å². The lowest BCUT2D eigenvalue weighted by Crippen LogP contribution is -1.80. The van der Waals surface area contributed by atoms with Gasteiger partial charge >= 0.3 is 0 Å². The van der Waals surface area contributed by atoms with Gasteiger partial charge in [-0.05, 0) is 35.2 Å². The van der Waals surface area contributed by atoms with E-state index < -0.39 is 0 Å². The normalized spacial score (nSPS) is 10.5. The van der Waals surface area contributed by atoms with E-state index in [1.807, 2.05) is 24.3 Å². The lowest BCUT2D eigenvalue weighted by molar-refractivity contribution is 0.962. The van der Waals surface area contributed by atoms with Crippen molar-refractivity contribution in [2.75, 3.05) is 0 Å². The lowest BCUT2D eigenvalue weighted by Gasteiger charge is -2.02. The summed E-state index contributed by atoms with van der Waals surface area (Å²) in [7, 11) is 0. The summed E-state index contributed by atoms with van der Waals surface area (Å²) in [5.41, 5.74) is 4.24. The molecule has 0 bridgehead atoms. The van der Waals surface area contributed by atoms with Crippen LogP contribution in [0.2, 0.25) is 0 Å². The molecule has 0 aliphatic carbocycles. The van der Waals surface area contributed by atoms with Gasteiger partial charge in [0, 0.05) is 0 Å². The fourth-order valence-corrected chi connectivity index (χ4v) is 1.91. The van der Waals surface area contributed by atoms with Crippen LogP contribution in [-0.2, 0) is 0 Å². The number of nitriles is 1. The largest absolute Gasteiger partial charge is 0.192 e. The summed E-state index contributed by atoms with van der Waals surface area (Å²) < 4.78 is 0. The minimum absolute atomic E-state index is 0.697. The second-order valence-electron chi connectivity index (χ2n) is 4.50. The summed E-state index contributed by atoms with van der Waals surface area (Å²) in [6.07, 6.45) is 6.67. The molecule has 2 aromatic rings. The van der Waals surface area contributed by atoms with Crippen molar-refractivity contribution in [3.63, 3.8) is 0 Å². The summed E-state index contributed by atoms with van der Waals surface area (Å²) in [6.45, 7) is 2.18. The Balaban J connectivity index is 2.15. The van der Waals surface area contributed by atoms with Crippen molar-refractivity contribution in [1.29, 1.82) is 5.26 Å². The SMILES string of the molecule is CCC/C=C/c1ccc(-c2ccc(C#N)cc2)cc1. The van der Waals surface area contributed by atoms with Crippen molar-refractivity contribution < 1.29 is 0 Å². The van der Waals surface area contributed by atoms with E-state index in [-0.39, 0.29) is 0 Å². The number of unbranched alkanes of at least 4 members (excludes halogenated alkanes) is 1. The fourth-order valence-electron chi connectivity index (χ4n) is 1.91. The molecule has 0 fully saturated rings. The molecule has 0 saturated carbocycles. The highest BCUT2D eigenvalue weighted by Gasteiger charge is 1.97.